The fraction of sp³-hybridized carbons (Fsp3) is 0.385. The second kappa shape index (κ2) is 3.75. The Labute approximate surface area is 85.1 Å². The predicted molar refractivity (Wildman–Crippen MR) is 57.3 cm³/mol. The summed E-state index contributed by atoms with van der Waals surface area (Å²) in [6, 6.07) is 5.90. The van der Waals surface area contributed by atoms with Crippen LogP contribution in [0.5, 0.6) is 5.75 Å². The molecule has 2 rings (SSSR count). The van der Waals surface area contributed by atoms with E-state index >= 15 is 0 Å². The van der Waals surface area contributed by atoms with Gasteiger partial charge in [0, 0.05) is 5.56 Å². The Morgan fingerprint density at radius 1 is 1.50 bits per heavy atom. The van der Waals surface area contributed by atoms with Crippen molar-refractivity contribution in [2.75, 3.05) is 6.61 Å². The normalized spacial score (nSPS) is 14.9. The lowest BCUT2D eigenvalue weighted by Gasteiger charge is -2.06. The lowest BCUT2D eigenvalue weighted by molar-refractivity contribution is 0.299. The summed E-state index contributed by atoms with van der Waals surface area (Å²) in [6.07, 6.45) is 7.98. The third-order valence-corrected chi connectivity index (χ3v) is 2.54. The van der Waals surface area contributed by atoms with Crippen molar-refractivity contribution in [2.45, 2.75) is 19.8 Å². The molecule has 1 aliphatic rings. The summed E-state index contributed by atoms with van der Waals surface area (Å²) < 4.78 is 5.64. The summed E-state index contributed by atoms with van der Waals surface area (Å²) in [5.74, 6) is 4.38. The molecule has 72 valence electrons. The lowest BCUT2D eigenvalue weighted by Crippen LogP contribution is -1.99. The summed E-state index contributed by atoms with van der Waals surface area (Å²) in [5, 5.41) is 0. The van der Waals surface area contributed by atoms with Gasteiger partial charge < -0.3 is 4.74 Å². The number of terminal acetylenes is 1. The first kappa shape index (κ1) is 9.15. The Balaban J connectivity index is 2.03. The third kappa shape index (κ3) is 2.09. The lowest BCUT2D eigenvalue weighted by atomic mass is 10.1. The molecule has 0 aromatic heterocycles. The molecule has 0 saturated heterocycles. The smallest absolute Gasteiger partial charge is 0.119 e. The Hall–Kier alpha value is -1.42. The highest BCUT2D eigenvalue weighted by Crippen LogP contribution is 2.29. The number of benzene rings is 1. The highest BCUT2D eigenvalue weighted by atomic mass is 16.5. The molecular formula is C13H14O. The van der Waals surface area contributed by atoms with Crippen LogP contribution in [-0.2, 0) is 0 Å². The fourth-order valence-electron chi connectivity index (χ4n) is 1.39. The molecule has 0 aliphatic heterocycles. The van der Waals surface area contributed by atoms with E-state index in [1.165, 1.54) is 12.8 Å². The molecule has 0 spiro atoms. The molecule has 0 unspecified atom stereocenters. The largest absolute Gasteiger partial charge is 0.493 e. The van der Waals surface area contributed by atoms with Crippen LogP contribution in [0.25, 0.3) is 0 Å². The minimum absolute atomic E-state index is 0.794. The number of hydrogen-bond acceptors (Lipinski definition) is 1. The standard InChI is InChI=1S/C13H14O/c1-3-12-6-7-13(8-10(12)2)14-9-11-4-5-11/h1,6-8,11H,4-5,9H2,2H3. The molecule has 1 nitrogen and oxygen atoms in total. The van der Waals surface area contributed by atoms with Gasteiger partial charge in [-0.2, -0.15) is 0 Å². The van der Waals surface area contributed by atoms with Gasteiger partial charge in [-0.25, -0.2) is 0 Å². The van der Waals surface area contributed by atoms with Crippen LogP contribution in [0.2, 0.25) is 0 Å². The van der Waals surface area contributed by atoms with E-state index in [2.05, 4.69) is 5.92 Å². The molecule has 0 bridgehead atoms. The van der Waals surface area contributed by atoms with Gasteiger partial charge in [-0.3, -0.25) is 0 Å². The average Bonchev–Trinajstić information content (AvgIpc) is 2.98. The van der Waals surface area contributed by atoms with E-state index in [9.17, 15) is 0 Å². The molecule has 1 fully saturated rings. The van der Waals surface area contributed by atoms with Crippen LogP contribution in [0.4, 0.5) is 0 Å². The Morgan fingerprint density at radius 3 is 2.86 bits per heavy atom. The van der Waals surface area contributed by atoms with E-state index in [0.717, 1.165) is 29.4 Å². The highest BCUT2D eigenvalue weighted by molar-refractivity contribution is 5.43. The fourth-order valence-corrected chi connectivity index (χ4v) is 1.39. The first-order chi connectivity index (χ1) is 6.79. The zero-order valence-electron chi connectivity index (χ0n) is 8.42. The molecule has 0 amide bonds. The van der Waals surface area contributed by atoms with Gasteiger partial charge in [0.15, 0.2) is 0 Å². The second-order valence-corrected chi connectivity index (χ2v) is 3.88. The maximum Gasteiger partial charge on any atom is 0.119 e. The molecule has 0 heterocycles. The van der Waals surface area contributed by atoms with Gasteiger partial charge >= 0.3 is 0 Å². The molecule has 1 aromatic rings. The molecule has 1 aromatic carbocycles. The zero-order chi connectivity index (χ0) is 9.97. The van der Waals surface area contributed by atoms with Crippen LogP contribution < -0.4 is 4.74 Å². The predicted octanol–water partition coefficient (Wildman–Crippen LogP) is 2.77. The molecule has 0 radical (unpaired) electrons. The maximum atomic E-state index is 5.64. The molecule has 1 saturated carbocycles. The minimum atomic E-state index is 0.794. The highest BCUT2D eigenvalue weighted by Gasteiger charge is 2.21. The van der Waals surface area contributed by atoms with Crippen LogP contribution >= 0.6 is 0 Å². The van der Waals surface area contributed by atoms with E-state index < -0.39 is 0 Å². The van der Waals surface area contributed by atoms with Gasteiger partial charge in [-0.1, -0.05) is 5.92 Å². The third-order valence-electron chi connectivity index (χ3n) is 2.54. The van der Waals surface area contributed by atoms with Crippen LogP contribution in [0.15, 0.2) is 18.2 Å². The monoisotopic (exact) mass is 186 g/mol. The molecule has 1 aliphatic carbocycles. The van der Waals surface area contributed by atoms with Crippen LogP contribution in [0.3, 0.4) is 0 Å². The summed E-state index contributed by atoms with van der Waals surface area (Å²) in [6.45, 7) is 2.87. The van der Waals surface area contributed by atoms with E-state index in [1.807, 2.05) is 25.1 Å². The zero-order valence-corrected chi connectivity index (χ0v) is 8.42. The van der Waals surface area contributed by atoms with Gasteiger partial charge in [0.25, 0.3) is 0 Å². The first-order valence-electron chi connectivity index (χ1n) is 4.99. The van der Waals surface area contributed by atoms with Crippen molar-refractivity contribution >= 4 is 0 Å². The summed E-state index contributed by atoms with van der Waals surface area (Å²) >= 11 is 0. The average molecular weight is 186 g/mol. The summed E-state index contributed by atoms with van der Waals surface area (Å²) in [4.78, 5) is 0. The van der Waals surface area contributed by atoms with Gasteiger partial charge in [0.2, 0.25) is 0 Å². The van der Waals surface area contributed by atoms with Crippen molar-refractivity contribution in [1.82, 2.24) is 0 Å². The molecule has 1 heteroatoms. The molecule has 14 heavy (non-hydrogen) atoms. The topological polar surface area (TPSA) is 9.23 Å². The van der Waals surface area contributed by atoms with Crippen molar-refractivity contribution in [2.24, 2.45) is 5.92 Å². The second-order valence-electron chi connectivity index (χ2n) is 3.88. The van der Waals surface area contributed by atoms with E-state index in [0.29, 0.717) is 0 Å². The quantitative estimate of drug-likeness (QED) is 0.659. The van der Waals surface area contributed by atoms with Crippen LogP contribution in [0.1, 0.15) is 24.0 Å². The molecular weight excluding hydrogens is 172 g/mol. The van der Waals surface area contributed by atoms with Gasteiger partial charge in [0.1, 0.15) is 5.75 Å². The van der Waals surface area contributed by atoms with Crippen molar-refractivity contribution in [3.05, 3.63) is 29.3 Å². The SMILES string of the molecule is C#Cc1ccc(OCC2CC2)cc1C. The van der Waals surface area contributed by atoms with E-state index in [1.54, 1.807) is 0 Å². The Bertz CT molecular complexity index is 369. The van der Waals surface area contributed by atoms with E-state index in [-0.39, 0.29) is 0 Å². The van der Waals surface area contributed by atoms with Gasteiger partial charge in [0.05, 0.1) is 6.61 Å². The van der Waals surface area contributed by atoms with Crippen molar-refractivity contribution in [3.63, 3.8) is 0 Å². The molecule has 0 atom stereocenters. The van der Waals surface area contributed by atoms with E-state index in [4.69, 9.17) is 11.2 Å². The summed E-state index contributed by atoms with van der Waals surface area (Å²) in [5.41, 5.74) is 2.06. The number of hydrogen-bond donors (Lipinski definition) is 0. The first-order valence-corrected chi connectivity index (χ1v) is 4.99. The Kier molecular flexibility index (Phi) is 2.45. The van der Waals surface area contributed by atoms with Crippen LogP contribution in [0, 0.1) is 25.2 Å². The minimum Gasteiger partial charge on any atom is -0.493 e. The van der Waals surface area contributed by atoms with Crippen molar-refractivity contribution < 1.29 is 4.74 Å². The van der Waals surface area contributed by atoms with Gasteiger partial charge in [-0.15, -0.1) is 6.42 Å². The number of aryl methyl sites for hydroxylation is 1. The van der Waals surface area contributed by atoms with Crippen molar-refractivity contribution in [1.29, 1.82) is 0 Å². The summed E-state index contributed by atoms with van der Waals surface area (Å²) in [7, 11) is 0. The Morgan fingerprint density at radius 2 is 2.29 bits per heavy atom. The molecule has 0 N–H and O–H groups in total. The van der Waals surface area contributed by atoms with Crippen LogP contribution in [-0.4, -0.2) is 6.61 Å². The van der Waals surface area contributed by atoms with Gasteiger partial charge in [-0.05, 0) is 49.4 Å². The number of rotatable bonds is 3. The number of ether oxygens (including phenoxy) is 1. The maximum absolute atomic E-state index is 5.64. The van der Waals surface area contributed by atoms with Crippen molar-refractivity contribution in [3.8, 4) is 18.1 Å².